The first-order valence-corrected chi connectivity index (χ1v) is 7.47. The zero-order valence-corrected chi connectivity index (χ0v) is 13.6. The lowest BCUT2D eigenvalue weighted by atomic mass is 9.94. The fraction of sp³-hybridized carbons (Fsp3) is 0.412. The highest BCUT2D eigenvalue weighted by Crippen LogP contribution is 2.38. The molecule has 2 aliphatic heterocycles. The van der Waals surface area contributed by atoms with Crippen LogP contribution in [-0.4, -0.2) is 55.2 Å². The third-order valence-corrected chi connectivity index (χ3v) is 4.25. The summed E-state index contributed by atoms with van der Waals surface area (Å²) in [5.41, 5.74) is 0.381. The van der Waals surface area contributed by atoms with E-state index >= 15 is 0 Å². The number of ether oxygens (including phenoxy) is 2. The number of carbonyl (C=O) groups excluding carboxylic acids is 2. The summed E-state index contributed by atoms with van der Waals surface area (Å²) in [5, 5.41) is 2.64. The minimum atomic E-state index is -1.23. The molecule has 2 saturated heterocycles. The van der Waals surface area contributed by atoms with Gasteiger partial charge in [-0.1, -0.05) is 5.92 Å². The molecule has 0 saturated carbocycles. The molecule has 0 atom stereocenters. The van der Waals surface area contributed by atoms with Crippen LogP contribution in [0.4, 0.5) is 4.39 Å². The van der Waals surface area contributed by atoms with Crippen molar-refractivity contribution in [3.05, 3.63) is 29.1 Å². The van der Waals surface area contributed by atoms with Gasteiger partial charge in [-0.2, -0.15) is 0 Å². The van der Waals surface area contributed by atoms with Crippen molar-refractivity contribution in [2.75, 3.05) is 27.3 Å². The van der Waals surface area contributed by atoms with E-state index in [0.717, 1.165) is 0 Å². The van der Waals surface area contributed by atoms with E-state index in [4.69, 9.17) is 9.47 Å². The van der Waals surface area contributed by atoms with Crippen molar-refractivity contribution in [1.82, 2.24) is 10.0 Å². The first-order valence-electron chi connectivity index (χ1n) is 7.47. The van der Waals surface area contributed by atoms with E-state index in [9.17, 15) is 14.0 Å². The number of hydrogen-bond acceptors (Lipinski definition) is 4. The van der Waals surface area contributed by atoms with Crippen LogP contribution in [-0.2, 0) is 14.3 Å². The maximum absolute atomic E-state index is 14.6. The topological polar surface area (TPSA) is 59.1 Å². The number of fused-ring (bicyclic) bond motifs is 1. The monoisotopic (exact) mass is 332 g/mol. The van der Waals surface area contributed by atoms with Crippen molar-refractivity contribution < 1.29 is 23.5 Å². The molecule has 0 aromatic heterocycles. The summed E-state index contributed by atoms with van der Waals surface area (Å²) in [6.07, 6.45) is -0.229. The van der Waals surface area contributed by atoms with Gasteiger partial charge in [0.25, 0.3) is 11.8 Å². The minimum absolute atomic E-state index is 0.0440. The Morgan fingerprint density at radius 3 is 2.29 bits per heavy atom. The fourth-order valence-corrected chi connectivity index (χ4v) is 3.12. The highest BCUT2D eigenvalue weighted by atomic mass is 19.1. The molecule has 2 fully saturated rings. The normalized spacial score (nSPS) is 18.0. The average Bonchev–Trinajstić information content (AvgIpc) is 3.08. The number of halogens is 1. The van der Waals surface area contributed by atoms with Crippen molar-refractivity contribution in [3.63, 3.8) is 0 Å². The van der Waals surface area contributed by atoms with Crippen molar-refractivity contribution in [2.45, 2.75) is 18.9 Å². The van der Waals surface area contributed by atoms with Crippen LogP contribution in [0.15, 0.2) is 12.1 Å². The lowest BCUT2D eigenvalue weighted by Gasteiger charge is -2.16. The van der Waals surface area contributed by atoms with Gasteiger partial charge in [-0.25, -0.2) is 14.4 Å². The Labute approximate surface area is 139 Å². The Hall–Kier alpha value is -2.59. The number of carbonyl (C=O) groups is 2. The molecule has 0 spiro atoms. The van der Waals surface area contributed by atoms with Gasteiger partial charge in [0.2, 0.25) is 0 Å². The smallest absolute Gasteiger partial charge is 0.258 e. The quantitative estimate of drug-likeness (QED) is 0.610. The summed E-state index contributed by atoms with van der Waals surface area (Å²) in [6, 6.07) is 2.75. The number of amides is 2. The molecule has 2 aliphatic rings. The molecule has 0 unspecified atom stereocenters. The number of rotatable bonds is 3. The van der Waals surface area contributed by atoms with Crippen LogP contribution < -0.4 is 4.74 Å². The molecule has 1 aromatic carbocycles. The summed E-state index contributed by atoms with van der Waals surface area (Å²) < 4.78 is 25.0. The maximum Gasteiger partial charge on any atom is 0.258 e. The molecule has 3 rings (SSSR count). The van der Waals surface area contributed by atoms with Gasteiger partial charge in [0.1, 0.15) is 11.6 Å². The molecule has 0 radical (unpaired) electrons. The van der Waals surface area contributed by atoms with Crippen molar-refractivity contribution in [2.24, 2.45) is 0 Å². The van der Waals surface area contributed by atoms with Gasteiger partial charge >= 0.3 is 0 Å². The van der Waals surface area contributed by atoms with Crippen molar-refractivity contribution in [1.29, 1.82) is 0 Å². The van der Waals surface area contributed by atoms with Gasteiger partial charge in [0.05, 0.1) is 31.9 Å². The first kappa shape index (κ1) is 16.3. The number of methoxy groups -OCH3 is 2. The highest BCUT2D eigenvalue weighted by Gasteiger charge is 2.52. The van der Waals surface area contributed by atoms with Crippen LogP contribution in [0.5, 0.6) is 5.75 Å². The summed E-state index contributed by atoms with van der Waals surface area (Å²) in [5.74, 6) is 2.71. The molecule has 1 aromatic rings. The lowest BCUT2D eigenvalue weighted by molar-refractivity contribution is -0.141. The first-order chi connectivity index (χ1) is 11.5. The third-order valence-electron chi connectivity index (χ3n) is 4.25. The van der Waals surface area contributed by atoms with E-state index in [1.807, 2.05) is 0 Å². The number of benzene rings is 1. The van der Waals surface area contributed by atoms with Crippen LogP contribution in [0.1, 0.15) is 24.0 Å². The molecular weight excluding hydrogens is 315 g/mol. The molecule has 0 aliphatic carbocycles. The molecule has 2 heterocycles. The molecule has 6 nitrogen and oxygen atoms in total. The summed E-state index contributed by atoms with van der Waals surface area (Å²) >= 11 is 0. The van der Waals surface area contributed by atoms with Crippen LogP contribution in [0.25, 0.3) is 0 Å². The molecule has 0 N–H and O–H groups in total. The molecule has 7 heteroatoms. The summed E-state index contributed by atoms with van der Waals surface area (Å²) in [7, 11) is 2.89. The zero-order chi connectivity index (χ0) is 17.4. The predicted octanol–water partition coefficient (Wildman–Crippen LogP) is 0.904. The SMILES string of the molecule is CC#Cc1cc(F)c(C2C(=O)N3CC(OC)CN3C2=O)c(OC)c1. The molecule has 126 valence electrons. The number of hydrazine groups is 1. The predicted molar refractivity (Wildman–Crippen MR) is 82.5 cm³/mol. The molecule has 24 heavy (non-hydrogen) atoms. The van der Waals surface area contributed by atoms with Crippen LogP contribution >= 0.6 is 0 Å². The van der Waals surface area contributed by atoms with Gasteiger partial charge < -0.3 is 9.47 Å². The van der Waals surface area contributed by atoms with E-state index in [-0.39, 0.29) is 30.5 Å². The van der Waals surface area contributed by atoms with Gasteiger partial charge in [0, 0.05) is 12.7 Å². The Kier molecular flexibility index (Phi) is 4.16. The van der Waals surface area contributed by atoms with Gasteiger partial charge in [-0.3, -0.25) is 9.59 Å². The van der Waals surface area contributed by atoms with Crippen molar-refractivity contribution in [3.8, 4) is 17.6 Å². The Bertz CT molecular complexity index is 744. The van der Waals surface area contributed by atoms with Crippen molar-refractivity contribution >= 4 is 11.8 Å². The molecule has 2 amide bonds. The van der Waals surface area contributed by atoms with Gasteiger partial charge in [-0.15, -0.1) is 5.92 Å². The highest BCUT2D eigenvalue weighted by molar-refractivity contribution is 6.11. The summed E-state index contributed by atoms with van der Waals surface area (Å²) in [4.78, 5) is 25.3. The fourth-order valence-electron chi connectivity index (χ4n) is 3.12. The van der Waals surface area contributed by atoms with Crippen LogP contribution in [0, 0.1) is 17.7 Å². The van der Waals surface area contributed by atoms with Gasteiger partial charge in [0.15, 0.2) is 5.92 Å². The van der Waals surface area contributed by atoms with E-state index in [0.29, 0.717) is 5.56 Å². The minimum Gasteiger partial charge on any atom is -0.496 e. The second kappa shape index (κ2) is 6.13. The molecular formula is C17H17FN2O4. The standard InChI is InChI=1S/C17H17FN2O4/c1-4-5-10-6-12(18)14(13(7-10)24-3)15-16(21)19-8-11(23-2)9-20(19)17(15)22/h6-7,11,15H,8-9H2,1-3H3. The average molecular weight is 332 g/mol. The van der Waals surface area contributed by atoms with E-state index in [1.54, 1.807) is 6.92 Å². The molecule has 0 bridgehead atoms. The summed E-state index contributed by atoms with van der Waals surface area (Å²) in [6.45, 7) is 2.19. The van der Waals surface area contributed by atoms with E-state index < -0.39 is 23.5 Å². The van der Waals surface area contributed by atoms with Gasteiger partial charge in [-0.05, 0) is 19.1 Å². The van der Waals surface area contributed by atoms with Crippen LogP contribution in [0.2, 0.25) is 0 Å². The number of hydrogen-bond donors (Lipinski definition) is 0. The maximum atomic E-state index is 14.6. The second-order valence-electron chi connectivity index (χ2n) is 5.58. The number of nitrogens with zero attached hydrogens (tertiary/aromatic N) is 2. The second-order valence-corrected chi connectivity index (χ2v) is 5.58. The Balaban J connectivity index is 2.02. The van der Waals surface area contributed by atoms with Crippen LogP contribution in [0.3, 0.4) is 0 Å². The Morgan fingerprint density at radius 2 is 1.79 bits per heavy atom. The lowest BCUT2D eigenvalue weighted by Crippen LogP contribution is -2.33. The van der Waals surface area contributed by atoms with E-state index in [1.165, 1.54) is 36.4 Å². The third kappa shape index (κ3) is 2.39. The largest absolute Gasteiger partial charge is 0.496 e. The Morgan fingerprint density at radius 1 is 1.17 bits per heavy atom. The zero-order valence-electron chi connectivity index (χ0n) is 13.6. The van der Waals surface area contributed by atoms with E-state index in [2.05, 4.69) is 11.8 Å².